The molecule has 0 aliphatic carbocycles. The van der Waals surface area contributed by atoms with Gasteiger partial charge in [-0.2, -0.15) is 0 Å². The molecular weight excluding hydrogens is 218 g/mol. The van der Waals surface area contributed by atoms with Crippen molar-refractivity contribution in [1.82, 2.24) is 4.98 Å². The van der Waals surface area contributed by atoms with Crippen molar-refractivity contribution in [2.75, 3.05) is 0 Å². The van der Waals surface area contributed by atoms with E-state index < -0.39 is 0 Å². The van der Waals surface area contributed by atoms with Crippen LogP contribution < -0.4 is 0 Å². The molecule has 18 heavy (non-hydrogen) atoms. The molecule has 0 bridgehead atoms. The third kappa shape index (κ3) is 1.97. The Morgan fingerprint density at radius 3 is 2.78 bits per heavy atom. The van der Waals surface area contributed by atoms with E-state index >= 15 is 0 Å². The van der Waals surface area contributed by atoms with Crippen LogP contribution in [0.25, 0.3) is 21.7 Å². The van der Waals surface area contributed by atoms with Crippen LogP contribution in [0.15, 0.2) is 48.7 Å². The predicted molar refractivity (Wildman–Crippen MR) is 77.9 cm³/mol. The second kappa shape index (κ2) is 4.77. The van der Waals surface area contributed by atoms with E-state index in [0.717, 1.165) is 5.52 Å². The van der Waals surface area contributed by atoms with Gasteiger partial charge in [-0.05, 0) is 41.3 Å². The van der Waals surface area contributed by atoms with Gasteiger partial charge >= 0.3 is 0 Å². The number of benzene rings is 2. The maximum Gasteiger partial charge on any atom is 0.0708 e. The molecule has 0 N–H and O–H groups in total. The summed E-state index contributed by atoms with van der Waals surface area (Å²) in [6.07, 6.45) is 5.53. The summed E-state index contributed by atoms with van der Waals surface area (Å²) in [5.74, 6) is 0. The maximum atomic E-state index is 4.42. The number of aromatic nitrogens is 1. The molecule has 3 rings (SSSR count). The molecule has 0 aliphatic rings. The number of hydrogen-bond acceptors (Lipinski definition) is 1. The molecule has 1 nitrogen and oxygen atoms in total. The minimum absolute atomic E-state index is 1.08. The Labute approximate surface area is 107 Å². The van der Waals surface area contributed by atoms with E-state index in [1.165, 1.54) is 41.0 Å². The minimum atomic E-state index is 1.08. The van der Waals surface area contributed by atoms with Gasteiger partial charge in [-0.25, -0.2) is 0 Å². The van der Waals surface area contributed by atoms with E-state index in [9.17, 15) is 0 Å². The van der Waals surface area contributed by atoms with Gasteiger partial charge in [0.05, 0.1) is 5.52 Å². The van der Waals surface area contributed by atoms with Crippen LogP contribution in [0.1, 0.15) is 25.3 Å². The minimum Gasteiger partial charge on any atom is -0.256 e. The van der Waals surface area contributed by atoms with Gasteiger partial charge in [0.2, 0.25) is 0 Å². The lowest BCUT2D eigenvalue weighted by atomic mass is 10.00. The highest BCUT2D eigenvalue weighted by molar-refractivity contribution is 6.06. The van der Waals surface area contributed by atoms with Crippen LogP contribution in [-0.2, 0) is 6.42 Å². The third-order valence-electron chi connectivity index (χ3n) is 3.49. The zero-order valence-electron chi connectivity index (χ0n) is 10.7. The molecule has 1 aromatic heterocycles. The molecule has 3 aromatic rings. The predicted octanol–water partition coefficient (Wildman–Crippen LogP) is 4.73. The van der Waals surface area contributed by atoms with Gasteiger partial charge in [-0.15, -0.1) is 0 Å². The second-order valence-corrected chi connectivity index (χ2v) is 4.79. The molecule has 0 fully saturated rings. The van der Waals surface area contributed by atoms with Crippen LogP contribution in [0.4, 0.5) is 0 Å². The van der Waals surface area contributed by atoms with Gasteiger partial charge < -0.3 is 0 Å². The standard InChI is InChI=1S/C17H17N/c1-2-3-5-13-7-8-14-9-10-17-15(16(14)12-13)6-4-11-18-17/h4,6-12H,2-3,5H2,1H3. The van der Waals surface area contributed by atoms with Crippen molar-refractivity contribution in [3.63, 3.8) is 0 Å². The first-order valence-electron chi connectivity index (χ1n) is 6.65. The largest absolute Gasteiger partial charge is 0.256 e. The van der Waals surface area contributed by atoms with Gasteiger partial charge in [0.1, 0.15) is 0 Å². The zero-order valence-corrected chi connectivity index (χ0v) is 10.7. The Morgan fingerprint density at radius 1 is 1.00 bits per heavy atom. The van der Waals surface area contributed by atoms with Crippen molar-refractivity contribution < 1.29 is 0 Å². The molecule has 0 unspecified atom stereocenters. The molecule has 0 radical (unpaired) electrons. The fourth-order valence-electron chi connectivity index (χ4n) is 2.47. The number of hydrogen-bond donors (Lipinski definition) is 0. The highest BCUT2D eigenvalue weighted by Gasteiger charge is 2.02. The van der Waals surface area contributed by atoms with E-state index in [1.54, 1.807) is 0 Å². The Bertz CT molecular complexity index is 685. The number of rotatable bonds is 3. The Balaban J connectivity index is 2.20. The first-order valence-corrected chi connectivity index (χ1v) is 6.65. The van der Waals surface area contributed by atoms with Crippen LogP contribution in [0.2, 0.25) is 0 Å². The zero-order chi connectivity index (χ0) is 12.4. The first kappa shape index (κ1) is 11.2. The van der Waals surface area contributed by atoms with Crippen LogP contribution in [0.5, 0.6) is 0 Å². The Morgan fingerprint density at radius 2 is 1.89 bits per heavy atom. The summed E-state index contributed by atoms with van der Waals surface area (Å²) in [7, 11) is 0. The average molecular weight is 235 g/mol. The lowest BCUT2D eigenvalue weighted by molar-refractivity contribution is 0.796. The lowest BCUT2D eigenvalue weighted by Crippen LogP contribution is -1.86. The van der Waals surface area contributed by atoms with Crippen molar-refractivity contribution in [3.05, 3.63) is 54.2 Å². The molecule has 1 heteroatoms. The molecule has 2 aromatic carbocycles. The van der Waals surface area contributed by atoms with Crippen LogP contribution in [-0.4, -0.2) is 4.98 Å². The van der Waals surface area contributed by atoms with Crippen molar-refractivity contribution in [3.8, 4) is 0 Å². The smallest absolute Gasteiger partial charge is 0.0708 e. The molecule has 0 amide bonds. The molecular formula is C17H17N. The summed E-state index contributed by atoms with van der Waals surface area (Å²) in [6, 6.07) is 15.2. The highest BCUT2D eigenvalue weighted by Crippen LogP contribution is 2.25. The number of pyridine rings is 1. The summed E-state index contributed by atoms with van der Waals surface area (Å²) in [6.45, 7) is 2.24. The first-order chi connectivity index (χ1) is 8.88. The highest BCUT2D eigenvalue weighted by atomic mass is 14.6. The number of nitrogens with zero attached hydrogens (tertiary/aromatic N) is 1. The fourth-order valence-corrected chi connectivity index (χ4v) is 2.47. The molecule has 0 spiro atoms. The van der Waals surface area contributed by atoms with Crippen molar-refractivity contribution in [2.24, 2.45) is 0 Å². The van der Waals surface area contributed by atoms with Crippen molar-refractivity contribution in [1.29, 1.82) is 0 Å². The summed E-state index contributed by atoms with van der Waals surface area (Å²) in [4.78, 5) is 4.42. The van der Waals surface area contributed by atoms with E-state index in [-0.39, 0.29) is 0 Å². The lowest BCUT2D eigenvalue weighted by Gasteiger charge is -2.06. The monoisotopic (exact) mass is 235 g/mol. The normalized spacial score (nSPS) is 11.2. The topological polar surface area (TPSA) is 12.9 Å². The number of aryl methyl sites for hydroxylation is 1. The van der Waals surface area contributed by atoms with Crippen LogP contribution >= 0.6 is 0 Å². The molecule has 0 aliphatic heterocycles. The molecule has 0 atom stereocenters. The van der Waals surface area contributed by atoms with Gasteiger partial charge in [0.25, 0.3) is 0 Å². The van der Waals surface area contributed by atoms with E-state index in [0.29, 0.717) is 0 Å². The maximum absolute atomic E-state index is 4.42. The summed E-state index contributed by atoms with van der Waals surface area (Å²) < 4.78 is 0. The number of fused-ring (bicyclic) bond motifs is 3. The SMILES string of the molecule is CCCCc1ccc2ccc3ncccc3c2c1. The fraction of sp³-hybridized carbons (Fsp3) is 0.235. The van der Waals surface area contributed by atoms with Crippen molar-refractivity contribution in [2.45, 2.75) is 26.2 Å². The van der Waals surface area contributed by atoms with E-state index in [4.69, 9.17) is 0 Å². The van der Waals surface area contributed by atoms with Crippen LogP contribution in [0.3, 0.4) is 0 Å². The van der Waals surface area contributed by atoms with Gasteiger partial charge in [0.15, 0.2) is 0 Å². The van der Waals surface area contributed by atoms with Gasteiger partial charge in [-0.1, -0.05) is 43.7 Å². The molecule has 90 valence electrons. The average Bonchev–Trinajstić information content (AvgIpc) is 2.45. The Hall–Kier alpha value is -1.89. The van der Waals surface area contributed by atoms with Crippen LogP contribution in [0, 0.1) is 0 Å². The molecule has 0 saturated carbocycles. The summed E-state index contributed by atoms with van der Waals surface area (Å²) in [5, 5.41) is 3.89. The third-order valence-corrected chi connectivity index (χ3v) is 3.49. The van der Waals surface area contributed by atoms with Gasteiger partial charge in [0, 0.05) is 11.6 Å². The quantitative estimate of drug-likeness (QED) is 0.598. The molecule has 1 heterocycles. The van der Waals surface area contributed by atoms with Crippen molar-refractivity contribution >= 4 is 21.7 Å². The van der Waals surface area contributed by atoms with Gasteiger partial charge in [-0.3, -0.25) is 4.98 Å². The summed E-state index contributed by atoms with van der Waals surface area (Å²) in [5.41, 5.74) is 2.51. The second-order valence-electron chi connectivity index (χ2n) is 4.79. The van der Waals surface area contributed by atoms with E-state index in [1.807, 2.05) is 12.3 Å². The summed E-state index contributed by atoms with van der Waals surface area (Å²) >= 11 is 0. The van der Waals surface area contributed by atoms with E-state index in [2.05, 4.69) is 48.3 Å². The Kier molecular flexibility index (Phi) is 2.97. The number of unbranched alkanes of at least 4 members (excludes halogenated alkanes) is 1. The molecule has 0 saturated heterocycles.